The Hall–Kier alpha value is -0.860. The van der Waals surface area contributed by atoms with Crippen LogP contribution in [0, 0.1) is 12.8 Å². The van der Waals surface area contributed by atoms with Crippen molar-refractivity contribution >= 4 is 0 Å². The van der Waals surface area contributed by atoms with Gasteiger partial charge in [-0.1, -0.05) is 36.2 Å². The summed E-state index contributed by atoms with van der Waals surface area (Å²) < 4.78 is 0. The van der Waals surface area contributed by atoms with Gasteiger partial charge in [-0.2, -0.15) is 0 Å². The highest BCUT2D eigenvalue weighted by Gasteiger charge is 2.19. The van der Waals surface area contributed by atoms with Crippen LogP contribution in [0.15, 0.2) is 24.3 Å². The minimum atomic E-state index is 0.175. The third-order valence-electron chi connectivity index (χ3n) is 4.12. The van der Waals surface area contributed by atoms with Gasteiger partial charge in [0.05, 0.1) is 0 Å². The summed E-state index contributed by atoms with van der Waals surface area (Å²) in [6, 6.07) is 8.78. The Morgan fingerprint density at radius 3 is 2.50 bits per heavy atom. The lowest BCUT2D eigenvalue weighted by atomic mass is 9.85. The molecule has 0 aromatic heterocycles. The number of hydrogen-bond donors (Lipinski definition) is 1. The molecule has 0 amide bonds. The molecule has 2 rings (SSSR count). The second-order valence-electron chi connectivity index (χ2n) is 5.87. The summed E-state index contributed by atoms with van der Waals surface area (Å²) in [5.41, 5.74) is 8.80. The molecule has 18 heavy (non-hydrogen) atoms. The third kappa shape index (κ3) is 3.82. The first kappa shape index (κ1) is 13.6. The second kappa shape index (κ2) is 6.35. The van der Waals surface area contributed by atoms with Gasteiger partial charge in [0.2, 0.25) is 0 Å². The Bertz CT molecular complexity index is 354. The molecule has 1 aliphatic rings. The van der Waals surface area contributed by atoms with E-state index >= 15 is 0 Å². The van der Waals surface area contributed by atoms with Gasteiger partial charge in [0.25, 0.3) is 0 Å². The van der Waals surface area contributed by atoms with Crippen molar-refractivity contribution in [3.05, 3.63) is 35.4 Å². The SMILES string of the molecule is Cc1ccc(C(N)CCN(C)CC2CCC2)cc1. The van der Waals surface area contributed by atoms with E-state index < -0.39 is 0 Å². The van der Waals surface area contributed by atoms with Crippen molar-refractivity contribution < 1.29 is 0 Å². The van der Waals surface area contributed by atoms with E-state index in [1.807, 2.05) is 0 Å². The van der Waals surface area contributed by atoms with Crippen LogP contribution in [-0.2, 0) is 0 Å². The van der Waals surface area contributed by atoms with Gasteiger partial charge >= 0.3 is 0 Å². The highest BCUT2D eigenvalue weighted by molar-refractivity contribution is 5.23. The lowest BCUT2D eigenvalue weighted by molar-refractivity contribution is 0.201. The maximum atomic E-state index is 6.24. The predicted octanol–water partition coefficient (Wildman–Crippen LogP) is 3.12. The molecule has 1 aliphatic carbocycles. The second-order valence-corrected chi connectivity index (χ2v) is 5.87. The molecule has 0 bridgehead atoms. The van der Waals surface area contributed by atoms with Crippen LogP contribution in [0.5, 0.6) is 0 Å². The van der Waals surface area contributed by atoms with Crippen LogP contribution >= 0.6 is 0 Å². The van der Waals surface area contributed by atoms with E-state index in [0.717, 1.165) is 18.9 Å². The van der Waals surface area contributed by atoms with E-state index in [2.05, 4.69) is 43.1 Å². The van der Waals surface area contributed by atoms with Crippen LogP contribution < -0.4 is 5.73 Å². The van der Waals surface area contributed by atoms with Gasteiger partial charge in [0.1, 0.15) is 0 Å². The van der Waals surface area contributed by atoms with Crippen LogP contribution in [0.2, 0.25) is 0 Å². The van der Waals surface area contributed by atoms with E-state index in [1.165, 1.54) is 36.9 Å². The molecule has 0 heterocycles. The van der Waals surface area contributed by atoms with E-state index in [-0.39, 0.29) is 6.04 Å². The lowest BCUT2D eigenvalue weighted by Gasteiger charge is -2.30. The summed E-state index contributed by atoms with van der Waals surface area (Å²) in [4.78, 5) is 2.44. The van der Waals surface area contributed by atoms with Crippen molar-refractivity contribution in [1.82, 2.24) is 4.90 Å². The van der Waals surface area contributed by atoms with Crippen LogP contribution in [0.1, 0.15) is 42.9 Å². The summed E-state index contributed by atoms with van der Waals surface area (Å²) in [5.74, 6) is 0.950. The molecule has 100 valence electrons. The van der Waals surface area contributed by atoms with Gasteiger partial charge in [-0.15, -0.1) is 0 Å². The molecule has 2 N–H and O–H groups in total. The molecule has 1 atom stereocenters. The molecule has 1 aromatic carbocycles. The summed E-state index contributed by atoms with van der Waals surface area (Å²) in [7, 11) is 2.22. The Morgan fingerprint density at radius 2 is 1.94 bits per heavy atom. The number of nitrogens with zero attached hydrogens (tertiary/aromatic N) is 1. The maximum Gasteiger partial charge on any atom is 0.0307 e. The number of aryl methyl sites for hydroxylation is 1. The zero-order valence-corrected chi connectivity index (χ0v) is 11.7. The molecule has 2 nitrogen and oxygen atoms in total. The lowest BCUT2D eigenvalue weighted by Crippen LogP contribution is -2.31. The topological polar surface area (TPSA) is 29.3 Å². The molecule has 0 radical (unpaired) electrons. The molecule has 0 aliphatic heterocycles. The van der Waals surface area contributed by atoms with E-state index in [0.29, 0.717) is 0 Å². The number of rotatable bonds is 6. The maximum absolute atomic E-state index is 6.24. The molecule has 2 heteroatoms. The molecule has 0 spiro atoms. The molecule has 1 unspecified atom stereocenters. The first-order valence-corrected chi connectivity index (χ1v) is 7.16. The van der Waals surface area contributed by atoms with Crippen molar-refractivity contribution in [2.75, 3.05) is 20.1 Å². The van der Waals surface area contributed by atoms with Gasteiger partial charge in [-0.3, -0.25) is 0 Å². The molecule has 1 saturated carbocycles. The largest absolute Gasteiger partial charge is 0.324 e. The standard InChI is InChI=1S/C16H26N2/c1-13-6-8-15(9-7-13)16(17)10-11-18(2)12-14-4-3-5-14/h6-9,14,16H,3-5,10-12,17H2,1-2H3. The quantitative estimate of drug-likeness (QED) is 0.835. The van der Waals surface area contributed by atoms with Gasteiger partial charge < -0.3 is 10.6 Å². The molecule has 0 saturated heterocycles. The fourth-order valence-corrected chi connectivity index (χ4v) is 2.55. The number of nitrogens with two attached hydrogens (primary N) is 1. The average molecular weight is 246 g/mol. The van der Waals surface area contributed by atoms with Crippen LogP contribution in [0.4, 0.5) is 0 Å². The molecular weight excluding hydrogens is 220 g/mol. The number of hydrogen-bond acceptors (Lipinski definition) is 2. The zero-order valence-electron chi connectivity index (χ0n) is 11.7. The zero-order chi connectivity index (χ0) is 13.0. The van der Waals surface area contributed by atoms with Crippen molar-refractivity contribution in [1.29, 1.82) is 0 Å². The van der Waals surface area contributed by atoms with Gasteiger partial charge in [-0.05, 0) is 51.3 Å². The van der Waals surface area contributed by atoms with Crippen molar-refractivity contribution in [2.24, 2.45) is 11.7 Å². The normalized spacial score (nSPS) is 17.8. The summed E-state index contributed by atoms with van der Waals surface area (Å²) in [6.45, 7) is 4.47. The Kier molecular flexibility index (Phi) is 4.79. The highest BCUT2D eigenvalue weighted by Crippen LogP contribution is 2.27. The third-order valence-corrected chi connectivity index (χ3v) is 4.12. The minimum Gasteiger partial charge on any atom is -0.324 e. The Morgan fingerprint density at radius 1 is 1.28 bits per heavy atom. The first-order chi connectivity index (χ1) is 8.65. The monoisotopic (exact) mass is 246 g/mol. The Labute approximate surface area is 111 Å². The molecule has 1 fully saturated rings. The van der Waals surface area contributed by atoms with Crippen molar-refractivity contribution in [2.45, 2.75) is 38.6 Å². The average Bonchev–Trinajstić information content (AvgIpc) is 2.32. The van der Waals surface area contributed by atoms with Gasteiger partial charge in [0, 0.05) is 12.6 Å². The highest BCUT2D eigenvalue weighted by atomic mass is 15.1. The fraction of sp³-hybridized carbons (Fsp3) is 0.625. The first-order valence-electron chi connectivity index (χ1n) is 7.16. The van der Waals surface area contributed by atoms with Gasteiger partial charge in [0.15, 0.2) is 0 Å². The fourth-order valence-electron chi connectivity index (χ4n) is 2.55. The number of benzene rings is 1. The summed E-state index contributed by atoms with van der Waals surface area (Å²) >= 11 is 0. The predicted molar refractivity (Wildman–Crippen MR) is 77.6 cm³/mol. The molecule has 1 aromatic rings. The van der Waals surface area contributed by atoms with Crippen LogP contribution in [-0.4, -0.2) is 25.0 Å². The summed E-state index contributed by atoms with van der Waals surface area (Å²) in [6.07, 6.45) is 5.33. The molecular formula is C16H26N2. The van der Waals surface area contributed by atoms with Crippen molar-refractivity contribution in [3.8, 4) is 0 Å². The van der Waals surface area contributed by atoms with Crippen LogP contribution in [0.25, 0.3) is 0 Å². The van der Waals surface area contributed by atoms with E-state index in [1.54, 1.807) is 0 Å². The summed E-state index contributed by atoms with van der Waals surface area (Å²) in [5, 5.41) is 0. The van der Waals surface area contributed by atoms with Crippen molar-refractivity contribution in [3.63, 3.8) is 0 Å². The Balaban J connectivity index is 1.73. The van der Waals surface area contributed by atoms with E-state index in [9.17, 15) is 0 Å². The van der Waals surface area contributed by atoms with Crippen LogP contribution in [0.3, 0.4) is 0 Å². The smallest absolute Gasteiger partial charge is 0.0307 e. The van der Waals surface area contributed by atoms with Gasteiger partial charge in [-0.25, -0.2) is 0 Å². The van der Waals surface area contributed by atoms with E-state index in [4.69, 9.17) is 5.73 Å². The minimum absolute atomic E-state index is 0.175.